The summed E-state index contributed by atoms with van der Waals surface area (Å²) in [6.45, 7) is 0.171. The van der Waals surface area contributed by atoms with E-state index in [1.165, 1.54) is 6.07 Å². The molecule has 3 aromatic rings. The molecular formula is C16H12N4O4. The van der Waals surface area contributed by atoms with Crippen LogP contribution in [0.5, 0.6) is 17.2 Å². The van der Waals surface area contributed by atoms with E-state index < -0.39 is 5.56 Å². The number of nitrogens with one attached hydrogen (secondary N) is 2. The number of aromatic nitrogens is 2. The van der Waals surface area contributed by atoms with E-state index in [0.29, 0.717) is 28.4 Å². The standard InChI is InChI=1S/C16H12N4O4/c21-11-4-2-1-3-10(11)14-15(16(22)20-18-14)19-17-9-5-6-12-13(7-9)24-8-23-12/h1-7,21H,8H2,(H2,18,20,22). The lowest BCUT2D eigenvalue weighted by Gasteiger charge is -2.01. The molecule has 0 saturated heterocycles. The molecule has 1 aromatic heterocycles. The summed E-state index contributed by atoms with van der Waals surface area (Å²) >= 11 is 0. The molecule has 1 aliphatic heterocycles. The Morgan fingerprint density at radius 2 is 1.83 bits per heavy atom. The Hall–Kier alpha value is -3.55. The number of H-pyrrole nitrogens is 2. The van der Waals surface area contributed by atoms with Crippen LogP contribution in [0.4, 0.5) is 11.4 Å². The van der Waals surface area contributed by atoms with Crippen LogP contribution < -0.4 is 15.0 Å². The lowest BCUT2D eigenvalue weighted by atomic mass is 10.1. The second kappa shape index (κ2) is 5.58. The minimum absolute atomic E-state index is 0.0345. The fourth-order valence-corrected chi connectivity index (χ4v) is 2.38. The zero-order chi connectivity index (χ0) is 16.5. The monoisotopic (exact) mass is 324 g/mol. The third-order valence-corrected chi connectivity index (χ3v) is 3.55. The molecule has 2 heterocycles. The third kappa shape index (κ3) is 2.39. The Morgan fingerprint density at radius 1 is 1.00 bits per heavy atom. The van der Waals surface area contributed by atoms with Gasteiger partial charge in [-0.1, -0.05) is 12.1 Å². The topological polar surface area (TPSA) is 112 Å². The molecule has 0 saturated carbocycles. The number of phenols is 1. The van der Waals surface area contributed by atoms with E-state index in [2.05, 4.69) is 20.4 Å². The summed E-state index contributed by atoms with van der Waals surface area (Å²) in [7, 11) is 0. The second-order valence-electron chi connectivity index (χ2n) is 5.06. The van der Waals surface area contributed by atoms with Gasteiger partial charge in [0, 0.05) is 11.6 Å². The molecule has 0 fully saturated rings. The van der Waals surface area contributed by atoms with Crippen molar-refractivity contribution in [1.82, 2.24) is 10.2 Å². The van der Waals surface area contributed by atoms with Gasteiger partial charge in [-0.2, -0.15) is 5.11 Å². The van der Waals surface area contributed by atoms with E-state index in [-0.39, 0.29) is 18.2 Å². The molecule has 4 rings (SSSR count). The zero-order valence-electron chi connectivity index (χ0n) is 12.3. The number of fused-ring (bicyclic) bond motifs is 1. The summed E-state index contributed by atoms with van der Waals surface area (Å²) in [5.41, 5.74) is 0.980. The van der Waals surface area contributed by atoms with Gasteiger partial charge < -0.3 is 14.6 Å². The molecule has 0 spiro atoms. The number of rotatable bonds is 3. The summed E-state index contributed by atoms with van der Waals surface area (Å²) in [6, 6.07) is 11.7. The summed E-state index contributed by atoms with van der Waals surface area (Å²) in [6.07, 6.45) is 0. The molecule has 8 heteroatoms. The Morgan fingerprint density at radius 3 is 2.71 bits per heavy atom. The largest absolute Gasteiger partial charge is 0.507 e. The van der Waals surface area contributed by atoms with Crippen molar-refractivity contribution in [2.45, 2.75) is 0 Å². The number of hydrogen-bond acceptors (Lipinski definition) is 6. The highest BCUT2D eigenvalue weighted by Gasteiger charge is 2.15. The Labute approximate surface area is 135 Å². The number of hydrogen-bond donors (Lipinski definition) is 3. The average molecular weight is 324 g/mol. The Kier molecular flexibility index (Phi) is 3.27. The molecule has 0 bridgehead atoms. The molecule has 2 aromatic carbocycles. The first-order chi connectivity index (χ1) is 11.7. The first-order valence-corrected chi connectivity index (χ1v) is 7.13. The van der Waals surface area contributed by atoms with Crippen LogP contribution in [0.1, 0.15) is 0 Å². The fraction of sp³-hybridized carbons (Fsp3) is 0.0625. The lowest BCUT2D eigenvalue weighted by Crippen LogP contribution is -1.96. The van der Waals surface area contributed by atoms with Crippen molar-refractivity contribution in [2.75, 3.05) is 6.79 Å². The summed E-state index contributed by atoms with van der Waals surface area (Å²) < 4.78 is 10.5. The minimum Gasteiger partial charge on any atom is -0.507 e. The van der Waals surface area contributed by atoms with E-state index in [1.54, 1.807) is 36.4 Å². The highest BCUT2D eigenvalue weighted by atomic mass is 16.7. The summed E-state index contributed by atoms with van der Waals surface area (Å²) in [4.78, 5) is 12.0. The van der Waals surface area contributed by atoms with Gasteiger partial charge in [0.2, 0.25) is 6.79 Å². The molecule has 0 unspecified atom stereocenters. The number of phenolic OH excluding ortho intramolecular Hbond substituents is 1. The molecule has 3 N–H and O–H groups in total. The smallest absolute Gasteiger partial charge is 0.292 e. The first-order valence-electron chi connectivity index (χ1n) is 7.13. The molecule has 8 nitrogen and oxygen atoms in total. The SMILES string of the molecule is O=c1[nH][nH]c(-c2ccccc2O)c1N=Nc1ccc2c(c1)OCO2. The van der Waals surface area contributed by atoms with Gasteiger partial charge in [0.25, 0.3) is 5.56 Å². The van der Waals surface area contributed by atoms with E-state index >= 15 is 0 Å². The van der Waals surface area contributed by atoms with Crippen LogP contribution in [0.25, 0.3) is 11.3 Å². The van der Waals surface area contributed by atoms with Crippen molar-refractivity contribution in [3.63, 3.8) is 0 Å². The van der Waals surface area contributed by atoms with Gasteiger partial charge in [0.1, 0.15) is 5.75 Å². The zero-order valence-corrected chi connectivity index (χ0v) is 12.3. The second-order valence-corrected chi connectivity index (χ2v) is 5.06. The number of para-hydroxylation sites is 1. The summed E-state index contributed by atoms with van der Waals surface area (Å²) in [5.74, 6) is 1.26. The van der Waals surface area contributed by atoms with Gasteiger partial charge >= 0.3 is 0 Å². The number of ether oxygens (including phenoxy) is 2. The maximum Gasteiger partial charge on any atom is 0.292 e. The van der Waals surface area contributed by atoms with Gasteiger partial charge in [0.15, 0.2) is 17.2 Å². The van der Waals surface area contributed by atoms with Crippen molar-refractivity contribution >= 4 is 11.4 Å². The maximum atomic E-state index is 12.0. The van der Waals surface area contributed by atoms with Gasteiger partial charge in [0.05, 0.1) is 11.4 Å². The van der Waals surface area contributed by atoms with Crippen LogP contribution in [0.3, 0.4) is 0 Å². The molecule has 0 amide bonds. The van der Waals surface area contributed by atoms with Gasteiger partial charge in [-0.15, -0.1) is 5.11 Å². The van der Waals surface area contributed by atoms with E-state index in [4.69, 9.17) is 9.47 Å². The van der Waals surface area contributed by atoms with Crippen molar-refractivity contribution in [3.8, 4) is 28.5 Å². The molecule has 24 heavy (non-hydrogen) atoms. The molecule has 0 radical (unpaired) electrons. The van der Waals surface area contributed by atoms with E-state index in [9.17, 15) is 9.90 Å². The van der Waals surface area contributed by atoms with Crippen molar-refractivity contribution in [3.05, 3.63) is 52.8 Å². The molecule has 0 atom stereocenters. The van der Waals surface area contributed by atoms with Crippen LogP contribution in [-0.4, -0.2) is 22.1 Å². The quantitative estimate of drug-likeness (QED) is 0.642. The highest BCUT2D eigenvalue weighted by Crippen LogP contribution is 2.36. The molecular weight excluding hydrogens is 312 g/mol. The highest BCUT2D eigenvalue weighted by molar-refractivity contribution is 5.75. The normalized spacial score (nSPS) is 12.8. The number of benzene rings is 2. The Balaban J connectivity index is 1.72. The van der Waals surface area contributed by atoms with Gasteiger partial charge in [-0.25, -0.2) is 0 Å². The van der Waals surface area contributed by atoms with Crippen LogP contribution >= 0.6 is 0 Å². The number of azo groups is 1. The van der Waals surface area contributed by atoms with Crippen molar-refractivity contribution < 1.29 is 14.6 Å². The number of aromatic hydroxyl groups is 1. The van der Waals surface area contributed by atoms with E-state index in [0.717, 1.165) is 0 Å². The predicted octanol–water partition coefficient (Wildman–Crippen LogP) is 3.22. The molecule has 1 aliphatic rings. The third-order valence-electron chi connectivity index (χ3n) is 3.55. The molecule has 120 valence electrons. The van der Waals surface area contributed by atoms with Crippen LogP contribution in [0.15, 0.2) is 57.5 Å². The maximum absolute atomic E-state index is 12.0. The van der Waals surface area contributed by atoms with E-state index in [1.807, 2.05) is 0 Å². The predicted molar refractivity (Wildman–Crippen MR) is 85.3 cm³/mol. The molecule has 0 aliphatic carbocycles. The summed E-state index contributed by atoms with van der Waals surface area (Å²) in [5, 5.41) is 23.2. The minimum atomic E-state index is -0.433. The van der Waals surface area contributed by atoms with Crippen LogP contribution in [-0.2, 0) is 0 Å². The number of aromatic amines is 2. The first kappa shape index (κ1) is 14.1. The lowest BCUT2D eigenvalue weighted by molar-refractivity contribution is 0.174. The fourth-order valence-electron chi connectivity index (χ4n) is 2.38. The van der Waals surface area contributed by atoms with Gasteiger partial charge in [-0.3, -0.25) is 15.0 Å². The van der Waals surface area contributed by atoms with Gasteiger partial charge in [-0.05, 0) is 24.3 Å². The average Bonchev–Trinajstić information content (AvgIpc) is 3.19. The van der Waals surface area contributed by atoms with Crippen molar-refractivity contribution in [2.24, 2.45) is 10.2 Å². The van der Waals surface area contributed by atoms with Crippen molar-refractivity contribution in [1.29, 1.82) is 0 Å². The van der Waals surface area contributed by atoms with Crippen LogP contribution in [0, 0.1) is 0 Å². The Bertz CT molecular complexity index is 990. The van der Waals surface area contributed by atoms with Crippen LogP contribution in [0.2, 0.25) is 0 Å². The number of nitrogens with zero attached hydrogens (tertiary/aromatic N) is 2.